The first-order chi connectivity index (χ1) is 9.15. The quantitative estimate of drug-likeness (QED) is 0.885. The van der Waals surface area contributed by atoms with Gasteiger partial charge < -0.3 is 4.98 Å². The molecule has 2 aliphatic rings. The minimum absolute atomic E-state index is 0.0473. The van der Waals surface area contributed by atoms with Gasteiger partial charge in [0.15, 0.2) is 0 Å². The molecular formula is C14H21N3O2. The summed E-state index contributed by atoms with van der Waals surface area (Å²) >= 11 is 0. The van der Waals surface area contributed by atoms with Crippen LogP contribution in [0.5, 0.6) is 0 Å². The Morgan fingerprint density at radius 2 is 2.37 bits per heavy atom. The lowest BCUT2D eigenvalue weighted by Crippen LogP contribution is -2.35. The molecule has 1 amide bonds. The summed E-state index contributed by atoms with van der Waals surface area (Å²) in [4.78, 5) is 25.7. The summed E-state index contributed by atoms with van der Waals surface area (Å²) < 4.78 is 0. The van der Waals surface area contributed by atoms with Crippen LogP contribution in [0.25, 0.3) is 0 Å². The van der Waals surface area contributed by atoms with Gasteiger partial charge in [-0.05, 0) is 19.3 Å². The number of aromatic amines is 1. The predicted octanol–water partition coefficient (Wildman–Crippen LogP) is 1.80. The van der Waals surface area contributed by atoms with Gasteiger partial charge in [-0.25, -0.2) is 10.0 Å². The van der Waals surface area contributed by atoms with Crippen molar-refractivity contribution in [3.8, 4) is 0 Å². The van der Waals surface area contributed by atoms with Crippen molar-refractivity contribution in [1.29, 1.82) is 0 Å². The highest BCUT2D eigenvalue weighted by Gasteiger charge is 2.32. The summed E-state index contributed by atoms with van der Waals surface area (Å²) in [6.07, 6.45) is 3.50. The van der Waals surface area contributed by atoms with Gasteiger partial charge in [0, 0.05) is 24.0 Å². The molecule has 1 saturated heterocycles. The smallest absolute Gasteiger partial charge is 0.249 e. The molecule has 104 valence electrons. The summed E-state index contributed by atoms with van der Waals surface area (Å²) in [5.41, 5.74) is 2.29. The molecule has 1 fully saturated rings. The van der Waals surface area contributed by atoms with Crippen LogP contribution in [0.3, 0.4) is 0 Å². The highest BCUT2D eigenvalue weighted by atomic mass is 16.7. The predicted molar refractivity (Wildman–Crippen MR) is 70.5 cm³/mol. The molecule has 5 nitrogen and oxygen atoms in total. The molecule has 1 aliphatic heterocycles. The number of amides is 1. The van der Waals surface area contributed by atoms with E-state index in [1.165, 1.54) is 0 Å². The van der Waals surface area contributed by atoms with Gasteiger partial charge in [0.05, 0.1) is 18.8 Å². The van der Waals surface area contributed by atoms with Crippen LogP contribution in [-0.2, 0) is 22.5 Å². The average molecular weight is 263 g/mol. The van der Waals surface area contributed by atoms with E-state index in [-0.39, 0.29) is 11.8 Å². The van der Waals surface area contributed by atoms with Crippen LogP contribution in [0.2, 0.25) is 0 Å². The number of carbonyl (C=O) groups excluding carboxylic acids is 1. The van der Waals surface area contributed by atoms with E-state index in [0.717, 1.165) is 49.4 Å². The summed E-state index contributed by atoms with van der Waals surface area (Å²) in [7, 11) is 0. The molecule has 5 heteroatoms. The van der Waals surface area contributed by atoms with Crippen LogP contribution in [0, 0.1) is 5.92 Å². The van der Waals surface area contributed by atoms with Gasteiger partial charge in [-0.3, -0.25) is 9.63 Å². The van der Waals surface area contributed by atoms with Gasteiger partial charge in [-0.2, -0.15) is 0 Å². The van der Waals surface area contributed by atoms with Crippen molar-refractivity contribution in [3.05, 3.63) is 17.2 Å². The lowest BCUT2D eigenvalue weighted by molar-refractivity contribution is -0.173. The third-order valence-electron chi connectivity index (χ3n) is 3.96. The number of nitrogens with one attached hydrogen (secondary N) is 1. The van der Waals surface area contributed by atoms with E-state index >= 15 is 0 Å². The van der Waals surface area contributed by atoms with Crippen LogP contribution < -0.4 is 0 Å². The molecule has 2 heterocycles. The SMILES string of the molecule is CC(C)c1nc2c([nH]1)C[C@@H](C(=O)N1CCCO1)CC2. The van der Waals surface area contributed by atoms with Gasteiger partial charge in [0.2, 0.25) is 5.91 Å². The lowest BCUT2D eigenvalue weighted by Gasteiger charge is -2.24. The first kappa shape index (κ1) is 12.7. The van der Waals surface area contributed by atoms with E-state index < -0.39 is 0 Å². The fourth-order valence-corrected chi connectivity index (χ4v) is 2.81. The molecule has 1 aromatic heterocycles. The van der Waals surface area contributed by atoms with Crippen LogP contribution in [0.4, 0.5) is 0 Å². The zero-order chi connectivity index (χ0) is 13.4. The van der Waals surface area contributed by atoms with Crippen molar-refractivity contribution in [2.24, 2.45) is 5.92 Å². The monoisotopic (exact) mass is 263 g/mol. The zero-order valence-corrected chi connectivity index (χ0v) is 11.6. The van der Waals surface area contributed by atoms with Crippen molar-refractivity contribution >= 4 is 5.91 Å². The Balaban J connectivity index is 1.72. The fraction of sp³-hybridized carbons (Fsp3) is 0.714. The Morgan fingerprint density at radius 1 is 1.53 bits per heavy atom. The fourth-order valence-electron chi connectivity index (χ4n) is 2.81. The number of rotatable bonds is 2. The molecule has 0 radical (unpaired) electrons. The second kappa shape index (κ2) is 4.96. The molecule has 1 atom stereocenters. The number of hydroxylamine groups is 2. The van der Waals surface area contributed by atoms with Gasteiger partial charge in [-0.15, -0.1) is 0 Å². The summed E-state index contributed by atoms with van der Waals surface area (Å²) in [6, 6.07) is 0. The molecule has 0 bridgehead atoms. The maximum absolute atomic E-state index is 12.3. The van der Waals surface area contributed by atoms with E-state index in [0.29, 0.717) is 12.5 Å². The summed E-state index contributed by atoms with van der Waals surface area (Å²) in [6.45, 7) is 5.67. The maximum Gasteiger partial charge on any atom is 0.249 e. The molecule has 3 rings (SSSR count). The van der Waals surface area contributed by atoms with Crippen LogP contribution >= 0.6 is 0 Å². The molecule has 1 aliphatic carbocycles. The first-order valence-electron chi connectivity index (χ1n) is 7.17. The molecule has 1 N–H and O–H groups in total. The number of hydrogen-bond donors (Lipinski definition) is 1. The van der Waals surface area contributed by atoms with Crippen LogP contribution in [0.15, 0.2) is 0 Å². The number of hydrogen-bond acceptors (Lipinski definition) is 3. The normalized spacial score (nSPS) is 22.9. The summed E-state index contributed by atoms with van der Waals surface area (Å²) in [5.74, 6) is 1.63. The minimum atomic E-state index is 0.0473. The highest BCUT2D eigenvalue weighted by molar-refractivity contribution is 5.78. The molecule has 0 unspecified atom stereocenters. The molecule has 19 heavy (non-hydrogen) atoms. The molecule has 1 aromatic rings. The number of carbonyl (C=O) groups is 1. The standard InChI is InChI=1S/C14H21N3O2/c1-9(2)13-15-11-5-4-10(8-12(11)16-13)14(18)17-6-3-7-19-17/h9-10H,3-8H2,1-2H3,(H,15,16)/t10-/m0/s1. The van der Waals surface area contributed by atoms with Crippen molar-refractivity contribution in [2.45, 2.75) is 45.4 Å². The molecule has 0 aromatic carbocycles. The highest BCUT2D eigenvalue weighted by Crippen LogP contribution is 2.27. The van der Waals surface area contributed by atoms with Gasteiger partial charge >= 0.3 is 0 Å². The lowest BCUT2D eigenvalue weighted by atomic mass is 9.89. The van der Waals surface area contributed by atoms with Gasteiger partial charge in [0.1, 0.15) is 5.82 Å². The van der Waals surface area contributed by atoms with E-state index in [1.54, 1.807) is 5.06 Å². The van der Waals surface area contributed by atoms with Crippen LogP contribution in [0.1, 0.15) is 49.8 Å². The third kappa shape index (κ3) is 2.39. The molecular weight excluding hydrogens is 242 g/mol. The third-order valence-corrected chi connectivity index (χ3v) is 3.96. The van der Waals surface area contributed by atoms with E-state index in [1.807, 2.05) is 0 Å². The molecule has 0 saturated carbocycles. The van der Waals surface area contributed by atoms with E-state index in [2.05, 4.69) is 23.8 Å². The Kier molecular flexibility index (Phi) is 3.31. The molecule has 0 spiro atoms. The van der Waals surface area contributed by atoms with Crippen molar-refractivity contribution in [1.82, 2.24) is 15.0 Å². The zero-order valence-electron chi connectivity index (χ0n) is 11.6. The summed E-state index contributed by atoms with van der Waals surface area (Å²) in [5, 5.41) is 1.55. The minimum Gasteiger partial charge on any atom is -0.345 e. The topological polar surface area (TPSA) is 58.2 Å². The average Bonchev–Trinajstić information content (AvgIpc) is 3.06. The number of imidazole rings is 1. The number of aryl methyl sites for hydroxylation is 1. The van der Waals surface area contributed by atoms with Gasteiger partial charge in [-0.1, -0.05) is 13.8 Å². The largest absolute Gasteiger partial charge is 0.345 e. The number of H-pyrrole nitrogens is 1. The van der Waals surface area contributed by atoms with E-state index in [4.69, 9.17) is 4.84 Å². The second-order valence-corrected chi connectivity index (χ2v) is 5.77. The Hall–Kier alpha value is -1.36. The Labute approximate surface area is 113 Å². The van der Waals surface area contributed by atoms with Crippen molar-refractivity contribution < 1.29 is 9.63 Å². The first-order valence-corrected chi connectivity index (χ1v) is 7.17. The number of nitrogens with zero attached hydrogens (tertiary/aromatic N) is 2. The Morgan fingerprint density at radius 3 is 3.05 bits per heavy atom. The van der Waals surface area contributed by atoms with Crippen molar-refractivity contribution in [3.63, 3.8) is 0 Å². The van der Waals surface area contributed by atoms with E-state index in [9.17, 15) is 4.79 Å². The van der Waals surface area contributed by atoms with Gasteiger partial charge in [0.25, 0.3) is 0 Å². The number of fused-ring (bicyclic) bond motifs is 1. The maximum atomic E-state index is 12.3. The number of aromatic nitrogens is 2. The van der Waals surface area contributed by atoms with Crippen LogP contribution in [-0.4, -0.2) is 34.1 Å². The second-order valence-electron chi connectivity index (χ2n) is 5.77. The Bertz CT molecular complexity index is 475. The van der Waals surface area contributed by atoms with Crippen molar-refractivity contribution in [2.75, 3.05) is 13.2 Å².